The highest BCUT2D eigenvalue weighted by molar-refractivity contribution is 4.82. The van der Waals surface area contributed by atoms with Crippen molar-refractivity contribution in [3.8, 4) is 0 Å². The smallest absolute Gasteiger partial charge is 0.182 e. The highest BCUT2D eigenvalue weighted by atomic mass is 16.7. The molecule has 0 saturated carbocycles. The maximum Gasteiger partial charge on any atom is 0.182 e. The van der Waals surface area contributed by atoms with Gasteiger partial charge in [-0.2, -0.15) is 0 Å². The molecule has 2 unspecified atom stereocenters. The van der Waals surface area contributed by atoms with Gasteiger partial charge in [-0.3, -0.25) is 0 Å². The minimum Gasteiger partial charge on any atom is -0.388 e. The molecule has 17 heavy (non-hydrogen) atoms. The lowest BCUT2D eigenvalue weighted by molar-refractivity contribution is -0.190. The number of ether oxygens (including phenoxy) is 3. The summed E-state index contributed by atoms with van der Waals surface area (Å²) in [6.07, 6.45) is 0.640. The van der Waals surface area contributed by atoms with Gasteiger partial charge in [0, 0.05) is 20.1 Å². The van der Waals surface area contributed by atoms with Crippen molar-refractivity contribution < 1.29 is 24.4 Å². The molecule has 0 rings (SSSR count). The van der Waals surface area contributed by atoms with E-state index in [2.05, 4.69) is 6.58 Å². The summed E-state index contributed by atoms with van der Waals surface area (Å²) in [7, 11) is 2.93. The van der Waals surface area contributed by atoms with Gasteiger partial charge >= 0.3 is 0 Å². The third-order valence-corrected chi connectivity index (χ3v) is 2.31. The van der Waals surface area contributed by atoms with E-state index >= 15 is 0 Å². The van der Waals surface area contributed by atoms with Crippen LogP contribution in [-0.4, -0.2) is 49.2 Å². The van der Waals surface area contributed by atoms with Crippen molar-refractivity contribution in [3.05, 3.63) is 12.7 Å². The average molecular weight is 248 g/mol. The van der Waals surface area contributed by atoms with Crippen LogP contribution in [0, 0.1) is 5.92 Å². The maximum atomic E-state index is 9.82. The molecular formula is C12H24O5. The Labute approximate surface area is 103 Å². The molecule has 0 radical (unpaired) electrons. The van der Waals surface area contributed by atoms with E-state index in [-0.39, 0.29) is 12.5 Å². The lowest BCUT2D eigenvalue weighted by atomic mass is 10.0. The van der Waals surface area contributed by atoms with Crippen LogP contribution in [-0.2, 0) is 14.2 Å². The van der Waals surface area contributed by atoms with Crippen molar-refractivity contribution in [2.75, 3.05) is 20.8 Å². The molecule has 0 aliphatic carbocycles. The number of rotatable bonds is 9. The van der Waals surface area contributed by atoms with Crippen molar-refractivity contribution in [2.24, 2.45) is 5.92 Å². The Hall–Kier alpha value is -0.460. The fourth-order valence-electron chi connectivity index (χ4n) is 1.37. The molecule has 102 valence electrons. The fourth-order valence-corrected chi connectivity index (χ4v) is 1.37. The topological polar surface area (TPSA) is 68.2 Å². The van der Waals surface area contributed by atoms with Crippen LogP contribution in [0.4, 0.5) is 0 Å². The average Bonchev–Trinajstić information content (AvgIpc) is 2.24. The highest BCUT2D eigenvalue weighted by Crippen LogP contribution is 2.16. The highest BCUT2D eigenvalue weighted by Gasteiger charge is 2.23. The van der Waals surface area contributed by atoms with Gasteiger partial charge in [0.25, 0.3) is 0 Å². The Morgan fingerprint density at radius 1 is 1.29 bits per heavy atom. The molecule has 5 heteroatoms. The van der Waals surface area contributed by atoms with Crippen molar-refractivity contribution in [1.82, 2.24) is 0 Å². The van der Waals surface area contributed by atoms with Crippen molar-refractivity contribution >= 4 is 0 Å². The summed E-state index contributed by atoms with van der Waals surface area (Å²) in [5, 5.41) is 19.3. The lowest BCUT2D eigenvalue weighted by Gasteiger charge is -2.25. The summed E-state index contributed by atoms with van der Waals surface area (Å²) in [5.74, 6) is -1.27. The first-order chi connectivity index (χ1) is 7.84. The molecule has 0 amide bonds. The molecule has 0 aliphatic heterocycles. The van der Waals surface area contributed by atoms with Crippen LogP contribution in [0.25, 0.3) is 0 Å². The van der Waals surface area contributed by atoms with Gasteiger partial charge in [-0.15, -0.1) is 6.58 Å². The van der Waals surface area contributed by atoms with Crippen LogP contribution in [0.5, 0.6) is 0 Å². The van der Waals surface area contributed by atoms with E-state index in [0.29, 0.717) is 6.42 Å². The fraction of sp³-hybridized carbons (Fsp3) is 0.833. The van der Waals surface area contributed by atoms with Gasteiger partial charge in [-0.25, -0.2) is 0 Å². The zero-order chi connectivity index (χ0) is 13.5. The van der Waals surface area contributed by atoms with Gasteiger partial charge in [0.15, 0.2) is 12.1 Å². The van der Waals surface area contributed by atoms with Crippen LogP contribution in [0.1, 0.15) is 20.3 Å². The van der Waals surface area contributed by atoms with Crippen LogP contribution < -0.4 is 0 Å². The minimum atomic E-state index is -1.19. The van der Waals surface area contributed by atoms with Crippen LogP contribution >= 0.6 is 0 Å². The minimum absolute atomic E-state index is 0.0794. The molecular weight excluding hydrogens is 224 g/mol. The Balaban J connectivity index is 4.16. The molecule has 2 N–H and O–H groups in total. The van der Waals surface area contributed by atoms with E-state index < -0.39 is 18.2 Å². The number of aliphatic hydroxyl groups is 2. The van der Waals surface area contributed by atoms with Crippen LogP contribution in [0.3, 0.4) is 0 Å². The van der Waals surface area contributed by atoms with Crippen LogP contribution in [0.15, 0.2) is 12.7 Å². The predicted molar refractivity (Wildman–Crippen MR) is 64.4 cm³/mol. The van der Waals surface area contributed by atoms with Gasteiger partial charge in [-0.05, 0) is 20.3 Å². The molecule has 5 nitrogen and oxygen atoms in total. The normalized spacial score (nSPS) is 15.9. The standard InChI is InChI=1S/C12H24O5/c1-6-9(8-17-12(2,3)14)7-10(13)11(15-4)16-5/h6,9-11,13-14H,1,7-8H2,2-5H3. The van der Waals surface area contributed by atoms with E-state index in [1.54, 1.807) is 19.9 Å². The Kier molecular flexibility index (Phi) is 7.58. The molecule has 0 fully saturated rings. The van der Waals surface area contributed by atoms with Crippen molar-refractivity contribution in [1.29, 1.82) is 0 Å². The maximum absolute atomic E-state index is 9.82. The van der Waals surface area contributed by atoms with Gasteiger partial charge in [0.1, 0.15) is 6.10 Å². The first-order valence-corrected chi connectivity index (χ1v) is 5.56. The quantitative estimate of drug-likeness (QED) is 0.469. The van der Waals surface area contributed by atoms with Gasteiger partial charge in [-0.1, -0.05) is 6.08 Å². The largest absolute Gasteiger partial charge is 0.388 e. The SMILES string of the molecule is C=CC(COC(C)(C)O)CC(O)C(OC)OC. The Bertz CT molecular complexity index is 207. The summed E-state index contributed by atoms with van der Waals surface area (Å²) in [6.45, 7) is 7.06. The summed E-state index contributed by atoms with van der Waals surface area (Å²) >= 11 is 0. The first-order valence-electron chi connectivity index (χ1n) is 5.56. The molecule has 0 saturated heterocycles. The molecule has 0 aromatic rings. The van der Waals surface area contributed by atoms with E-state index in [1.807, 2.05) is 0 Å². The van der Waals surface area contributed by atoms with E-state index in [4.69, 9.17) is 14.2 Å². The Morgan fingerprint density at radius 3 is 2.18 bits per heavy atom. The summed E-state index contributed by atoms with van der Waals surface area (Å²) in [5.41, 5.74) is 0. The monoisotopic (exact) mass is 248 g/mol. The number of methoxy groups -OCH3 is 2. The number of hydrogen-bond donors (Lipinski definition) is 2. The molecule has 0 heterocycles. The number of hydrogen-bond acceptors (Lipinski definition) is 5. The third kappa shape index (κ3) is 7.46. The second kappa shape index (κ2) is 7.79. The van der Waals surface area contributed by atoms with E-state index in [0.717, 1.165) is 0 Å². The second-order valence-electron chi connectivity index (χ2n) is 4.40. The zero-order valence-corrected chi connectivity index (χ0v) is 11.0. The first kappa shape index (κ1) is 16.5. The van der Waals surface area contributed by atoms with Gasteiger partial charge in [0.05, 0.1) is 6.61 Å². The lowest BCUT2D eigenvalue weighted by Crippen LogP contribution is -2.33. The predicted octanol–water partition coefficient (Wildman–Crippen LogP) is 0.903. The Morgan fingerprint density at radius 2 is 1.82 bits per heavy atom. The van der Waals surface area contributed by atoms with Crippen molar-refractivity contribution in [3.63, 3.8) is 0 Å². The molecule has 0 aromatic carbocycles. The van der Waals surface area contributed by atoms with Crippen molar-refractivity contribution in [2.45, 2.75) is 38.4 Å². The van der Waals surface area contributed by atoms with E-state index in [1.165, 1.54) is 14.2 Å². The zero-order valence-electron chi connectivity index (χ0n) is 11.0. The van der Waals surface area contributed by atoms with Gasteiger partial charge in [0.2, 0.25) is 0 Å². The molecule has 0 spiro atoms. The third-order valence-electron chi connectivity index (χ3n) is 2.31. The molecule has 2 atom stereocenters. The van der Waals surface area contributed by atoms with Crippen LogP contribution in [0.2, 0.25) is 0 Å². The second-order valence-corrected chi connectivity index (χ2v) is 4.40. The summed E-state index contributed by atoms with van der Waals surface area (Å²) < 4.78 is 15.1. The molecule has 0 bridgehead atoms. The summed E-state index contributed by atoms with van der Waals surface area (Å²) in [6, 6.07) is 0. The molecule has 0 aliphatic rings. The number of aliphatic hydroxyl groups excluding tert-OH is 1. The molecule has 0 aromatic heterocycles. The van der Waals surface area contributed by atoms with Gasteiger partial charge < -0.3 is 24.4 Å². The van der Waals surface area contributed by atoms with E-state index in [9.17, 15) is 10.2 Å². The summed E-state index contributed by atoms with van der Waals surface area (Å²) in [4.78, 5) is 0.